The Kier molecular flexibility index (Phi) is 2.73. The molecule has 0 radical (unpaired) electrons. The topological polar surface area (TPSA) is 24.5 Å². The summed E-state index contributed by atoms with van der Waals surface area (Å²) in [5, 5.41) is 3.49. The van der Waals surface area contributed by atoms with Gasteiger partial charge in [-0.3, -0.25) is 0 Å². The highest BCUT2D eigenvalue weighted by atomic mass is 16.5. The number of nitrogens with zero attached hydrogens (tertiary/aromatic N) is 1. The zero-order valence-electron chi connectivity index (χ0n) is 10.5. The third-order valence-corrected chi connectivity index (χ3v) is 4.48. The molecule has 3 rings (SSSR count). The van der Waals surface area contributed by atoms with Gasteiger partial charge in [0.1, 0.15) is 0 Å². The maximum absolute atomic E-state index is 6.08. The molecule has 0 aromatic heterocycles. The van der Waals surface area contributed by atoms with Gasteiger partial charge in [-0.25, -0.2) is 0 Å². The van der Waals surface area contributed by atoms with Crippen molar-refractivity contribution in [3.05, 3.63) is 0 Å². The van der Waals surface area contributed by atoms with Gasteiger partial charge in [0.25, 0.3) is 0 Å². The van der Waals surface area contributed by atoms with Crippen LogP contribution >= 0.6 is 0 Å². The Morgan fingerprint density at radius 1 is 1.25 bits per heavy atom. The van der Waals surface area contributed by atoms with E-state index in [1.165, 1.54) is 39.0 Å². The number of rotatable bonds is 2. The third kappa shape index (κ3) is 2.13. The fourth-order valence-electron chi connectivity index (χ4n) is 3.60. The van der Waals surface area contributed by atoms with E-state index >= 15 is 0 Å². The quantitative estimate of drug-likeness (QED) is 0.760. The molecule has 0 amide bonds. The lowest BCUT2D eigenvalue weighted by Gasteiger charge is -2.24. The standard InChI is InChI=1S/C13H24N2O/c1-13(2)4-3-12(16-13)9-15-7-10-5-14-6-11(10)8-15/h10-12,14H,3-9H2,1-2H3/t10-,11+,12?. The molecule has 3 nitrogen and oxygen atoms in total. The Balaban J connectivity index is 1.50. The highest BCUT2D eigenvalue weighted by Crippen LogP contribution is 2.32. The van der Waals surface area contributed by atoms with Gasteiger partial charge in [-0.2, -0.15) is 0 Å². The molecule has 0 spiro atoms. The van der Waals surface area contributed by atoms with Gasteiger partial charge >= 0.3 is 0 Å². The first-order chi connectivity index (χ1) is 7.62. The van der Waals surface area contributed by atoms with Gasteiger partial charge in [0, 0.05) is 19.6 Å². The van der Waals surface area contributed by atoms with Gasteiger partial charge in [-0.15, -0.1) is 0 Å². The van der Waals surface area contributed by atoms with Crippen LogP contribution in [-0.2, 0) is 4.74 Å². The maximum atomic E-state index is 6.08. The van der Waals surface area contributed by atoms with Crippen LogP contribution in [0.1, 0.15) is 26.7 Å². The van der Waals surface area contributed by atoms with E-state index in [2.05, 4.69) is 24.1 Å². The Hall–Kier alpha value is -0.120. The van der Waals surface area contributed by atoms with Crippen LogP contribution in [0.5, 0.6) is 0 Å². The fourth-order valence-corrected chi connectivity index (χ4v) is 3.60. The Morgan fingerprint density at radius 2 is 1.94 bits per heavy atom. The fraction of sp³-hybridized carbons (Fsp3) is 1.00. The number of likely N-dealkylation sites (tertiary alicyclic amines) is 1. The molecule has 3 heterocycles. The van der Waals surface area contributed by atoms with E-state index in [-0.39, 0.29) is 5.60 Å². The summed E-state index contributed by atoms with van der Waals surface area (Å²) >= 11 is 0. The molecule has 1 unspecified atom stereocenters. The second-order valence-electron chi connectivity index (χ2n) is 6.44. The normalized spacial score (nSPS) is 42.8. The first-order valence-corrected chi connectivity index (χ1v) is 6.73. The van der Waals surface area contributed by atoms with Gasteiger partial charge in [0.05, 0.1) is 11.7 Å². The molecule has 3 saturated heterocycles. The summed E-state index contributed by atoms with van der Waals surface area (Å²) in [5.41, 5.74) is 0.127. The molecule has 1 N–H and O–H groups in total. The van der Waals surface area contributed by atoms with E-state index in [9.17, 15) is 0 Å². The molecule has 3 heteroatoms. The van der Waals surface area contributed by atoms with Crippen LogP contribution in [0.15, 0.2) is 0 Å². The van der Waals surface area contributed by atoms with E-state index in [0.717, 1.165) is 18.4 Å². The predicted molar refractivity (Wildman–Crippen MR) is 64.5 cm³/mol. The van der Waals surface area contributed by atoms with Gasteiger partial charge < -0.3 is 15.0 Å². The average Bonchev–Trinajstić information content (AvgIpc) is 2.80. The van der Waals surface area contributed by atoms with Crippen molar-refractivity contribution in [2.45, 2.75) is 38.4 Å². The number of fused-ring (bicyclic) bond motifs is 1. The lowest BCUT2D eigenvalue weighted by molar-refractivity contribution is -0.0269. The molecule has 0 bridgehead atoms. The van der Waals surface area contributed by atoms with Crippen molar-refractivity contribution in [1.29, 1.82) is 0 Å². The van der Waals surface area contributed by atoms with E-state index in [0.29, 0.717) is 6.10 Å². The summed E-state index contributed by atoms with van der Waals surface area (Å²) in [6.07, 6.45) is 2.96. The summed E-state index contributed by atoms with van der Waals surface area (Å²) in [5.74, 6) is 1.82. The zero-order chi connectivity index (χ0) is 11.2. The average molecular weight is 224 g/mol. The second kappa shape index (κ2) is 3.97. The lowest BCUT2D eigenvalue weighted by Crippen LogP contribution is -2.34. The minimum Gasteiger partial charge on any atom is -0.371 e. The first-order valence-electron chi connectivity index (χ1n) is 6.73. The Bertz CT molecular complexity index is 255. The zero-order valence-corrected chi connectivity index (χ0v) is 10.5. The number of hydrogen-bond donors (Lipinski definition) is 1. The van der Waals surface area contributed by atoms with Crippen LogP contribution in [0.25, 0.3) is 0 Å². The molecule has 3 fully saturated rings. The third-order valence-electron chi connectivity index (χ3n) is 4.48. The van der Waals surface area contributed by atoms with Crippen molar-refractivity contribution in [1.82, 2.24) is 10.2 Å². The van der Waals surface area contributed by atoms with Crippen molar-refractivity contribution < 1.29 is 4.74 Å². The van der Waals surface area contributed by atoms with E-state index in [1.807, 2.05) is 0 Å². The summed E-state index contributed by atoms with van der Waals surface area (Å²) in [6.45, 7) is 10.6. The molecule has 0 aromatic rings. The van der Waals surface area contributed by atoms with Gasteiger partial charge in [-0.1, -0.05) is 0 Å². The first kappa shape index (κ1) is 11.0. The highest BCUT2D eigenvalue weighted by molar-refractivity contribution is 4.93. The van der Waals surface area contributed by atoms with Crippen LogP contribution in [0.3, 0.4) is 0 Å². The number of nitrogens with one attached hydrogen (secondary N) is 1. The van der Waals surface area contributed by atoms with Crippen LogP contribution in [-0.4, -0.2) is 49.3 Å². The van der Waals surface area contributed by atoms with E-state index in [4.69, 9.17) is 4.74 Å². The molecule has 0 aliphatic carbocycles. The number of hydrogen-bond acceptors (Lipinski definition) is 3. The molecule has 92 valence electrons. The van der Waals surface area contributed by atoms with Crippen molar-refractivity contribution in [3.8, 4) is 0 Å². The maximum Gasteiger partial charge on any atom is 0.0710 e. The molecule has 3 aliphatic heterocycles. The van der Waals surface area contributed by atoms with Gasteiger partial charge in [0.2, 0.25) is 0 Å². The predicted octanol–water partition coefficient (Wildman–Crippen LogP) is 1.10. The van der Waals surface area contributed by atoms with Crippen molar-refractivity contribution in [2.24, 2.45) is 11.8 Å². The lowest BCUT2D eigenvalue weighted by atomic mass is 10.0. The Labute approximate surface area is 98.5 Å². The molecule has 16 heavy (non-hydrogen) atoms. The Morgan fingerprint density at radius 3 is 2.50 bits per heavy atom. The summed E-state index contributed by atoms with van der Waals surface area (Å²) in [7, 11) is 0. The van der Waals surface area contributed by atoms with Crippen molar-refractivity contribution in [2.75, 3.05) is 32.7 Å². The SMILES string of the molecule is CC1(C)CCC(CN2C[C@H]3CNC[C@H]3C2)O1. The number of ether oxygens (including phenoxy) is 1. The minimum absolute atomic E-state index is 0.127. The van der Waals surface area contributed by atoms with E-state index < -0.39 is 0 Å². The summed E-state index contributed by atoms with van der Waals surface area (Å²) in [4.78, 5) is 2.63. The minimum atomic E-state index is 0.127. The van der Waals surface area contributed by atoms with Crippen LogP contribution in [0.2, 0.25) is 0 Å². The van der Waals surface area contributed by atoms with Gasteiger partial charge in [0.15, 0.2) is 0 Å². The highest BCUT2D eigenvalue weighted by Gasteiger charge is 2.39. The largest absolute Gasteiger partial charge is 0.371 e. The molecule has 0 saturated carbocycles. The van der Waals surface area contributed by atoms with E-state index in [1.54, 1.807) is 0 Å². The smallest absolute Gasteiger partial charge is 0.0710 e. The van der Waals surface area contributed by atoms with Crippen molar-refractivity contribution in [3.63, 3.8) is 0 Å². The summed E-state index contributed by atoms with van der Waals surface area (Å²) in [6, 6.07) is 0. The molecular formula is C13H24N2O. The van der Waals surface area contributed by atoms with Crippen LogP contribution in [0, 0.1) is 11.8 Å². The van der Waals surface area contributed by atoms with Crippen LogP contribution in [0.4, 0.5) is 0 Å². The molecular weight excluding hydrogens is 200 g/mol. The van der Waals surface area contributed by atoms with Crippen LogP contribution < -0.4 is 5.32 Å². The molecule has 0 aromatic carbocycles. The second-order valence-corrected chi connectivity index (χ2v) is 6.44. The molecule has 3 aliphatic rings. The monoisotopic (exact) mass is 224 g/mol. The van der Waals surface area contributed by atoms with Crippen molar-refractivity contribution >= 4 is 0 Å². The van der Waals surface area contributed by atoms with Gasteiger partial charge in [-0.05, 0) is 51.6 Å². The summed E-state index contributed by atoms with van der Waals surface area (Å²) < 4.78 is 6.08. The molecule has 3 atom stereocenters.